The first-order chi connectivity index (χ1) is 24.8. The second-order valence-electron chi connectivity index (χ2n) is 12.3. The minimum absolute atomic E-state index is 0.580. The van der Waals surface area contributed by atoms with Crippen LogP contribution in [0.25, 0.3) is 94.9 Å². The van der Waals surface area contributed by atoms with Crippen LogP contribution in [-0.2, 0) is 0 Å². The number of nitrogens with zero attached hydrogens (tertiary/aromatic N) is 5. The van der Waals surface area contributed by atoms with E-state index in [0.717, 1.165) is 66.6 Å². The molecule has 0 amide bonds. The van der Waals surface area contributed by atoms with Crippen molar-refractivity contribution in [1.29, 1.82) is 0 Å². The number of hydrogen-bond acceptors (Lipinski definition) is 5. The Morgan fingerprint density at radius 2 is 0.960 bits per heavy atom. The third-order valence-corrected chi connectivity index (χ3v) is 9.28. The smallest absolute Gasteiger partial charge is 0.164 e. The maximum Gasteiger partial charge on any atom is 0.164 e. The second kappa shape index (κ2) is 11.4. The van der Waals surface area contributed by atoms with Gasteiger partial charge in [-0.05, 0) is 54.1 Å². The first-order valence-corrected chi connectivity index (χ1v) is 16.6. The number of fused-ring (bicyclic) bond motifs is 6. The van der Waals surface area contributed by atoms with Crippen LogP contribution in [-0.4, -0.2) is 24.5 Å². The fourth-order valence-corrected chi connectivity index (χ4v) is 7.00. The Bertz CT molecular complexity index is 2760. The fourth-order valence-electron chi connectivity index (χ4n) is 7.00. The predicted octanol–water partition coefficient (Wildman–Crippen LogP) is 10.9. The van der Waals surface area contributed by atoms with Crippen LogP contribution in [0, 0.1) is 0 Å². The number of benzene rings is 6. The standard InChI is InChI=1S/C44H27N5O/c1-3-13-28(14-4-1)42-46-43(29-15-5-2-6-16-29)48-44(47-42)31-25-30(33-23-24-45-40-36-19-9-12-22-39(36)50-41(33)40)26-32(27-31)49-37-20-10-7-17-34(37)35-18-8-11-21-38(35)49/h1-27H. The summed E-state index contributed by atoms with van der Waals surface area (Å²) < 4.78 is 8.82. The van der Waals surface area contributed by atoms with Gasteiger partial charge in [0.2, 0.25) is 0 Å². The van der Waals surface area contributed by atoms with E-state index >= 15 is 0 Å². The molecule has 234 valence electrons. The first kappa shape index (κ1) is 28.1. The number of para-hydroxylation sites is 3. The monoisotopic (exact) mass is 641 g/mol. The van der Waals surface area contributed by atoms with Crippen molar-refractivity contribution >= 4 is 43.9 Å². The van der Waals surface area contributed by atoms with Crippen molar-refractivity contribution in [1.82, 2.24) is 24.5 Å². The van der Waals surface area contributed by atoms with E-state index < -0.39 is 0 Å². The third-order valence-electron chi connectivity index (χ3n) is 9.28. The molecule has 0 aliphatic rings. The molecule has 0 N–H and O–H groups in total. The zero-order valence-electron chi connectivity index (χ0n) is 26.7. The zero-order chi connectivity index (χ0) is 33.0. The number of furan rings is 1. The van der Waals surface area contributed by atoms with Crippen LogP contribution in [0.15, 0.2) is 168 Å². The summed E-state index contributed by atoms with van der Waals surface area (Å²) in [5.74, 6) is 1.81. The van der Waals surface area contributed by atoms with E-state index in [1.807, 2.05) is 91.1 Å². The summed E-state index contributed by atoms with van der Waals surface area (Å²) in [5.41, 5.74) is 10.2. The molecule has 4 aromatic heterocycles. The van der Waals surface area contributed by atoms with Gasteiger partial charge in [0.15, 0.2) is 23.1 Å². The fraction of sp³-hybridized carbons (Fsp3) is 0. The van der Waals surface area contributed by atoms with E-state index in [4.69, 9.17) is 24.4 Å². The van der Waals surface area contributed by atoms with E-state index in [1.165, 1.54) is 10.8 Å². The molecule has 0 atom stereocenters. The lowest BCUT2D eigenvalue weighted by atomic mass is 10.0. The Balaban J connectivity index is 1.29. The van der Waals surface area contributed by atoms with Crippen molar-refractivity contribution in [3.8, 4) is 51.0 Å². The summed E-state index contributed by atoms with van der Waals surface area (Å²) >= 11 is 0. The van der Waals surface area contributed by atoms with Crippen LogP contribution in [0.5, 0.6) is 0 Å². The van der Waals surface area contributed by atoms with Gasteiger partial charge in [-0.15, -0.1) is 0 Å². The molecule has 6 aromatic carbocycles. The van der Waals surface area contributed by atoms with E-state index in [9.17, 15) is 0 Å². The lowest BCUT2D eigenvalue weighted by Crippen LogP contribution is -2.02. The van der Waals surface area contributed by atoms with Crippen molar-refractivity contribution in [3.63, 3.8) is 0 Å². The molecule has 10 aromatic rings. The van der Waals surface area contributed by atoms with Gasteiger partial charge >= 0.3 is 0 Å². The molecule has 0 saturated carbocycles. The molecule has 0 aliphatic carbocycles. The molecule has 0 aliphatic heterocycles. The SMILES string of the molecule is c1ccc(-c2nc(-c3ccccc3)nc(-c3cc(-c4ccnc5c4oc4ccccc45)cc(-n4c5ccccc5c5ccccc54)c3)n2)cc1. The summed E-state index contributed by atoms with van der Waals surface area (Å²) in [6.45, 7) is 0. The van der Waals surface area contributed by atoms with Crippen molar-refractivity contribution < 1.29 is 4.42 Å². The van der Waals surface area contributed by atoms with Gasteiger partial charge in [-0.2, -0.15) is 0 Å². The number of aromatic nitrogens is 5. The second-order valence-corrected chi connectivity index (χ2v) is 12.3. The third kappa shape index (κ3) is 4.58. The van der Waals surface area contributed by atoms with Crippen LogP contribution in [0.3, 0.4) is 0 Å². The van der Waals surface area contributed by atoms with Crippen LogP contribution in [0.2, 0.25) is 0 Å². The molecule has 0 fully saturated rings. The quantitative estimate of drug-likeness (QED) is 0.187. The largest absolute Gasteiger partial charge is 0.454 e. The molecule has 10 rings (SSSR count). The minimum Gasteiger partial charge on any atom is -0.454 e. The summed E-state index contributed by atoms with van der Waals surface area (Å²) in [6, 6.07) is 53.9. The molecule has 6 heteroatoms. The molecule has 6 nitrogen and oxygen atoms in total. The average molecular weight is 642 g/mol. The molecule has 4 heterocycles. The van der Waals surface area contributed by atoms with Gasteiger partial charge in [0.25, 0.3) is 0 Å². The van der Waals surface area contributed by atoms with E-state index in [-0.39, 0.29) is 0 Å². The van der Waals surface area contributed by atoms with E-state index in [0.29, 0.717) is 17.5 Å². The molecule has 0 bridgehead atoms. The predicted molar refractivity (Wildman–Crippen MR) is 201 cm³/mol. The lowest BCUT2D eigenvalue weighted by molar-refractivity contribution is 0.669. The highest BCUT2D eigenvalue weighted by molar-refractivity contribution is 6.10. The Morgan fingerprint density at radius 1 is 0.440 bits per heavy atom. The van der Waals surface area contributed by atoms with Crippen molar-refractivity contribution in [2.45, 2.75) is 0 Å². The van der Waals surface area contributed by atoms with Crippen LogP contribution in [0.4, 0.5) is 0 Å². The zero-order valence-corrected chi connectivity index (χ0v) is 26.7. The summed E-state index contributed by atoms with van der Waals surface area (Å²) in [4.78, 5) is 19.9. The summed E-state index contributed by atoms with van der Waals surface area (Å²) in [7, 11) is 0. The van der Waals surface area contributed by atoms with Crippen molar-refractivity contribution in [2.24, 2.45) is 0 Å². The van der Waals surface area contributed by atoms with Gasteiger partial charge in [0, 0.05) is 50.3 Å². The van der Waals surface area contributed by atoms with Crippen LogP contribution in [0.1, 0.15) is 0 Å². The number of rotatable bonds is 5. The van der Waals surface area contributed by atoms with E-state index in [2.05, 4.69) is 77.4 Å². The Hall–Kier alpha value is -6.92. The molecular formula is C44H27N5O. The lowest BCUT2D eigenvalue weighted by Gasteiger charge is -2.14. The maximum absolute atomic E-state index is 6.50. The average Bonchev–Trinajstić information content (AvgIpc) is 3.74. The normalized spacial score (nSPS) is 11.6. The highest BCUT2D eigenvalue weighted by Gasteiger charge is 2.19. The highest BCUT2D eigenvalue weighted by Crippen LogP contribution is 2.39. The van der Waals surface area contributed by atoms with Crippen molar-refractivity contribution in [3.05, 3.63) is 164 Å². The summed E-state index contributed by atoms with van der Waals surface area (Å²) in [5, 5.41) is 3.37. The maximum atomic E-state index is 6.50. The Morgan fingerprint density at radius 3 is 1.60 bits per heavy atom. The number of hydrogen-bond donors (Lipinski definition) is 0. The molecule has 0 spiro atoms. The molecule has 50 heavy (non-hydrogen) atoms. The van der Waals surface area contributed by atoms with Crippen molar-refractivity contribution in [2.75, 3.05) is 0 Å². The van der Waals surface area contributed by atoms with Gasteiger partial charge in [0.05, 0.1) is 11.0 Å². The Kier molecular flexibility index (Phi) is 6.39. The highest BCUT2D eigenvalue weighted by atomic mass is 16.3. The molecule has 0 saturated heterocycles. The number of pyridine rings is 1. The molecular weight excluding hydrogens is 615 g/mol. The van der Waals surface area contributed by atoms with Gasteiger partial charge < -0.3 is 8.98 Å². The molecule has 0 radical (unpaired) electrons. The summed E-state index contributed by atoms with van der Waals surface area (Å²) in [6.07, 6.45) is 1.86. The van der Waals surface area contributed by atoms with Gasteiger partial charge in [-0.25, -0.2) is 15.0 Å². The van der Waals surface area contributed by atoms with Crippen LogP contribution < -0.4 is 0 Å². The van der Waals surface area contributed by atoms with Crippen LogP contribution >= 0.6 is 0 Å². The minimum atomic E-state index is 0.580. The molecule has 0 unspecified atom stereocenters. The van der Waals surface area contributed by atoms with Gasteiger partial charge in [0.1, 0.15) is 11.1 Å². The topological polar surface area (TPSA) is 69.6 Å². The van der Waals surface area contributed by atoms with Gasteiger partial charge in [-0.1, -0.05) is 109 Å². The van der Waals surface area contributed by atoms with E-state index in [1.54, 1.807) is 0 Å². The first-order valence-electron chi connectivity index (χ1n) is 16.6. The Labute approximate surface area is 287 Å². The van der Waals surface area contributed by atoms with Gasteiger partial charge in [-0.3, -0.25) is 4.98 Å².